The minimum Gasteiger partial charge on any atom is -0.282 e. The Morgan fingerprint density at radius 2 is 2.50 bits per heavy atom. The average Bonchev–Trinajstić information content (AvgIpc) is 2.59. The molecule has 2 nitrogen and oxygen atoms in total. The van der Waals surface area contributed by atoms with E-state index in [9.17, 15) is 0 Å². The lowest BCUT2D eigenvalue weighted by atomic mass is 10.2. The first kappa shape index (κ1) is 7.80. The zero-order chi connectivity index (χ0) is 8.23. The van der Waals surface area contributed by atoms with Gasteiger partial charge in [0.15, 0.2) is 0 Å². The van der Waals surface area contributed by atoms with Crippen LogP contribution < -0.4 is 0 Å². The van der Waals surface area contributed by atoms with Crippen molar-refractivity contribution in [3.8, 4) is 0 Å². The van der Waals surface area contributed by atoms with Gasteiger partial charge in [-0.15, -0.1) is 11.8 Å². The molecule has 3 heteroatoms. The zero-order valence-electron chi connectivity index (χ0n) is 6.73. The van der Waals surface area contributed by atoms with Crippen LogP contribution in [0.4, 0.5) is 0 Å². The Morgan fingerprint density at radius 3 is 3.17 bits per heavy atom. The number of hydrogen-bond acceptors (Lipinski definition) is 3. The number of nitrogens with zero attached hydrogens (tertiary/aromatic N) is 2. The Kier molecular flexibility index (Phi) is 2.42. The van der Waals surface area contributed by atoms with Crippen LogP contribution in [0.1, 0.15) is 5.56 Å². The molecule has 0 unspecified atom stereocenters. The van der Waals surface area contributed by atoms with Crippen LogP contribution in [-0.4, -0.2) is 22.3 Å². The van der Waals surface area contributed by atoms with Crippen molar-refractivity contribution in [1.29, 1.82) is 0 Å². The van der Waals surface area contributed by atoms with Gasteiger partial charge >= 0.3 is 0 Å². The van der Waals surface area contributed by atoms with Crippen molar-refractivity contribution in [2.45, 2.75) is 6.42 Å². The van der Waals surface area contributed by atoms with E-state index < -0.39 is 0 Å². The number of rotatable bonds is 2. The third kappa shape index (κ3) is 1.85. The molecule has 1 aromatic heterocycles. The number of hydrogen-bond donors (Lipinski definition) is 0. The summed E-state index contributed by atoms with van der Waals surface area (Å²) in [4.78, 5) is 8.45. The molecule has 2 heterocycles. The molecule has 0 amide bonds. The van der Waals surface area contributed by atoms with Gasteiger partial charge in [0.05, 0.1) is 5.04 Å². The molecule has 2 rings (SSSR count). The van der Waals surface area contributed by atoms with E-state index in [2.05, 4.69) is 16.0 Å². The molecule has 62 valence electrons. The van der Waals surface area contributed by atoms with Crippen LogP contribution in [0, 0.1) is 0 Å². The SMILES string of the molecule is c1cncc(CC2=NCCS2)c1. The molecule has 0 atom stereocenters. The maximum atomic E-state index is 4.38. The van der Waals surface area contributed by atoms with E-state index in [0.29, 0.717) is 0 Å². The molecular weight excluding hydrogens is 168 g/mol. The van der Waals surface area contributed by atoms with Gasteiger partial charge in [-0.05, 0) is 11.6 Å². The van der Waals surface area contributed by atoms with Gasteiger partial charge in [-0.3, -0.25) is 9.98 Å². The predicted molar refractivity (Wildman–Crippen MR) is 52.7 cm³/mol. The van der Waals surface area contributed by atoms with Crippen LogP contribution in [0.2, 0.25) is 0 Å². The van der Waals surface area contributed by atoms with E-state index in [1.54, 1.807) is 6.20 Å². The number of pyridine rings is 1. The molecule has 0 aromatic carbocycles. The first-order valence-electron chi connectivity index (χ1n) is 4.00. The molecule has 0 radical (unpaired) electrons. The van der Waals surface area contributed by atoms with Gasteiger partial charge < -0.3 is 0 Å². The topological polar surface area (TPSA) is 25.2 Å². The van der Waals surface area contributed by atoms with Crippen LogP contribution >= 0.6 is 11.8 Å². The van der Waals surface area contributed by atoms with E-state index in [-0.39, 0.29) is 0 Å². The van der Waals surface area contributed by atoms with Gasteiger partial charge in [0, 0.05) is 31.1 Å². The van der Waals surface area contributed by atoms with Crippen molar-refractivity contribution in [2.24, 2.45) is 4.99 Å². The molecule has 1 aromatic rings. The van der Waals surface area contributed by atoms with E-state index in [1.807, 2.05) is 24.0 Å². The monoisotopic (exact) mass is 178 g/mol. The van der Waals surface area contributed by atoms with Gasteiger partial charge in [-0.25, -0.2) is 0 Å². The van der Waals surface area contributed by atoms with E-state index in [1.165, 1.54) is 10.6 Å². The lowest BCUT2D eigenvalue weighted by molar-refractivity contribution is 1.15. The quantitative estimate of drug-likeness (QED) is 0.689. The Balaban J connectivity index is 2.04. The molecule has 12 heavy (non-hydrogen) atoms. The minimum atomic E-state index is 0.957. The molecular formula is C9H10N2S. The van der Waals surface area contributed by atoms with E-state index in [0.717, 1.165) is 18.7 Å². The molecule has 0 saturated carbocycles. The van der Waals surface area contributed by atoms with E-state index in [4.69, 9.17) is 0 Å². The summed E-state index contributed by atoms with van der Waals surface area (Å²) in [5, 5.41) is 1.25. The number of thioether (sulfide) groups is 1. The summed E-state index contributed by atoms with van der Waals surface area (Å²) in [6.07, 6.45) is 4.66. The minimum absolute atomic E-state index is 0.957. The summed E-state index contributed by atoms with van der Waals surface area (Å²) in [6, 6.07) is 4.06. The lowest BCUT2D eigenvalue weighted by Gasteiger charge is -1.97. The third-order valence-corrected chi connectivity index (χ3v) is 2.72. The largest absolute Gasteiger partial charge is 0.282 e. The second-order valence-electron chi connectivity index (χ2n) is 2.66. The maximum Gasteiger partial charge on any atom is 0.0721 e. The normalized spacial score (nSPS) is 16.2. The third-order valence-electron chi connectivity index (χ3n) is 1.73. The van der Waals surface area contributed by atoms with Crippen molar-refractivity contribution < 1.29 is 0 Å². The Labute approximate surface area is 76.1 Å². The highest BCUT2D eigenvalue weighted by molar-refractivity contribution is 8.14. The fourth-order valence-corrected chi connectivity index (χ4v) is 2.03. The lowest BCUT2D eigenvalue weighted by Crippen LogP contribution is -1.94. The summed E-state index contributed by atoms with van der Waals surface area (Å²) < 4.78 is 0. The summed E-state index contributed by atoms with van der Waals surface area (Å²) >= 11 is 1.86. The highest BCUT2D eigenvalue weighted by Crippen LogP contribution is 2.15. The zero-order valence-corrected chi connectivity index (χ0v) is 7.55. The Hall–Kier alpha value is -0.830. The molecule has 0 spiro atoms. The second-order valence-corrected chi connectivity index (χ2v) is 3.83. The van der Waals surface area contributed by atoms with Crippen LogP contribution in [-0.2, 0) is 6.42 Å². The molecule has 0 fully saturated rings. The molecule has 1 aliphatic rings. The van der Waals surface area contributed by atoms with Gasteiger partial charge in [0.1, 0.15) is 0 Å². The molecule has 0 saturated heterocycles. The maximum absolute atomic E-state index is 4.38. The predicted octanol–water partition coefficient (Wildman–Crippen LogP) is 1.77. The number of aromatic nitrogens is 1. The van der Waals surface area contributed by atoms with Crippen molar-refractivity contribution in [1.82, 2.24) is 4.98 Å². The second kappa shape index (κ2) is 3.72. The smallest absolute Gasteiger partial charge is 0.0721 e. The van der Waals surface area contributed by atoms with Crippen LogP contribution in [0.25, 0.3) is 0 Å². The molecule has 0 bridgehead atoms. The number of aliphatic imine (C=N–C) groups is 1. The Morgan fingerprint density at radius 1 is 1.50 bits per heavy atom. The first-order valence-corrected chi connectivity index (χ1v) is 4.99. The fraction of sp³-hybridized carbons (Fsp3) is 0.333. The molecule has 0 N–H and O–H groups in total. The Bertz CT molecular complexity index is 282. The standard InChI is InChI=1S/C9H10N2S/c1-2-8(7-10-3-1)6-9-11-4-5-12-9/h1-3,7H,4-6H2. The average molecular weight is 178 g/mol. The first-order chi connectivity index (χ1) is 5.95. The molecule has 1 aliphatic heterocycles. The van der Waals surface area contributed by atoms with Gasteiger partial charge in [-0.1, -0.05) is 6.07 Å². The summed E-state index contributed by atoms with van der Waals surface area (Å²) in [5.41, 5.74) is 1.26. The summed E-state index contributed by atoms with van der Waals surface area (Å²) in [7, 11) is 0. The summed E-state index contributed by atoms with van der Waals surface area (Å²) in [6.45, 7) is 0.986. The van der Waals surface area contributed by atoms with Crippen LogP contribution in [0.5, 0.6) is 0 Å². The van der Waals surface area contributed by atoms with Crippen molar-refractivity contribution in [3.05, 3.63) is 30.1 Å². The fourth-order valence-electron chi connectivity index (χ4n) is 1.16. The van der Waals surface area contributed by atoms with Crippen molar-refractivity contribution in [3.63, 3.8) is 0 Å². The molecule has 0 aliphatic carbocycles. The highest BCUT2D eigenvalue weighted by atomic mass is 32.2. The van der Waals surface area contributed by atoms with Crippen LogP contribution in [0.15, 0.2) is 29.5 Å². The van der Waals surface area contributed by atoms with Gasteiger partial charge in [-0.2, -0.15) is 0 Å². The van der Waals surface area contributed by atoms with Crippen LogP contribution in [0.3, 0.4) is 0 Å². The van der Waals surface area contributed by atoms with Crippen molar-refractivity contribution in [2.75, 3.05) is 12.3 Å². The van der Waals surface area contributed by atoms with Gasteiger partial charge in [0.2, 0.25) is 0 Å². The van der Waals surface area contributed by atoms with Crippen molar-refractivity contribution >= 4 is 16.8 Å². The van der Waals surface area contributed by atoms with Gasteiger partial charge in [0.25, 0.3) is 0 Å². The summed E-state index contributed by atoms with van der Waals surface area (Å²) in [5.74, 6) is 1.15. The van der Waals surface area contributed by atoms with E-state index >= 15 is 0 Å². The highest BCUT2D eigenvalue weighted by Gasteiger charge is 2.06.